The summed E-state index contributed by atoms with van der Waals surface area (Å²) in [6.45, 7) is 2.24. The van der Waals surface area contributed by atoms with Crippen LogP contribution in [-0.4, -0.2) is 27.3 Å². The van der Waals surface area contributed by atoms with Crippen molar-refractivity contribution in [2.24, 2.45) is 5.73 Å². The Labute approximate surface area is 103 Å². The van der Waals surface area contributed by atoms with E-state index in [0.29, 0.717) is 30.0 Å². The van der Waals surface area contributed by atoms with Gasteiger partial charge in [-0.05, 0) is 37.6 Å². The number of hydrogen-bond acceptors (Lipinski definition) is 4. The summed E-state index contributed by atoms with van der Waals surface area (Å²) in [6, 6.07) is 6.55. The first-order valence-electron chi connectivity index (χ1n) is 5.64. The second-order valence-corrected chi connectivity index (χ2v) is 6.06. The lowest BCUT2D eigenvalue weighted by Gasteiger charge is -2.15. The molecule has 0 saturated heterocycles. The summed E-state index contributed by atoms with van der Waals surface area (Å²) in [5.41, 5.74) is 5.45. The maximum Gasteiger partial charge on any atom is 0.181 e. The molecule has 96 valence electrons. The third-order valence-electron chi connectivity index (χ3n) is 2.75. The molecule has 1 aromatic carbocycles. The molecule has 2 N–H and O–H groups in total. The van der Waals surface area contributed by atoms with Crippen molar-refractivity contribution in [3.8, 4) is 5.75 Å². The van der Waals surface area contributed by atoms with Crippen LogP contribution in [0.4, 0.5) is 0 Å². The molecule has 0 radical (unpaired) electrons. The molecule has 17 heavy (non-hydrogen) atoms. The van der Waals surface area contributed by atoms with Crippen LogP contribution >= 0.6 is 0 Å². The fourth-order valence-corrected chi connectivity index (χ4v) is 3.55. The Kier molecular flexibility index (Phi) is 4.96. The van der Waals surface area contributed by atoms with Crippen molar-refractivity contribution in [1.82, 2.24) is 0 Å². The lowest BCUT2D eigenvalue weighted by molar-refractivity contribution is 0.413. The van der Waals surface area contributed by atoms with Gasteiger partial charge in [0.1, 0.15) is 5.75 Å². The van der Waals surface area contributed by atoms with Gasteiger partial charge in [0.2, 0.25) is 0 Å². The molecule has 0 fully saturated rings. The van der Waals surface area contributed by atoms with Crippen molar-refractivity contribution in [2.75, 3.05) is 13.7 Å². The van der Waals surface area contributed by atoms with Crippen molar-refractivity contribution in [1.29, 1.82) is 0 Å². The van der Waals surface area contributed by atoms with Crippen LogP contribution in [0, 0.1) is 0 Å². The van der Waals surface area contributed by atoms with Gasteiger partial charge in [0.25, 0.3) is 0 Å². The van der Waals surface area contributed by atoms with Gasteiger partial charge < -0.3 is 10.5 Å². The van der Waals surface area contributed by atoms with Crippen molar-refractivity contribution in [2.45, 2.75) is 29.9 Å². The zero-order valence-electron chi connectivity index (χ0n) is 10.2. The summed E-state index contributed by atoms with van der Waals surface area (Å²) in [7, 11) is -1.79. The van der Waals surface area contributed by atoms with E-state index in [-0.39, 0.29) is 0 Å². The van der Waals surface area contributed by atoms with Gasteiger partial charge in [-0.25, -0.2) is 8.42 Å². The Morgan fingerprint density at radius 2 is 2.12 bits per heavy atom. The number of ether oxygens (including phenoxy) is 1. The minimum absolute atomic E-state index is 0.303. The van der Waals surface area contributed by atoms with E-state index < -0.39 is 15.1 Å². The molecule has 1 atom stereocenters. The van der Waals surface area contributed by atoms with Crippen molar-refractivity contribution >= 4 is 9.84 Å². The molecular formula is C12H19NO3S. The smallest absolute Gasteiger partial charge is 0.181 e. The maximum absolute atomic E-state index is 12.3. The van der Waals surface area contributed by atoms with E-state index in [0.717, 1.165) is 0 Å². The molecule has 4 nitrogen and oxygen atoms in total. The molecule has 0 aliphatic rings. The maximum atomic E-state index is 12.3. The van der Waals surface area contributed by atoms with E-state index in [1.165, 1.54) is 7.11 Å². The quantitative estimate of drug-likeness (QED) is 0.840. The number of methoxy groups -OCH3 is 1. The Bertz CT molecular complexity index is 457. The molecule has 0 aromatic heterocycles. The van der Waals surface area contributed by atoms with Crippen LogP contribution in [0.5, 0.6) is 5.75 Å². The summed E-state index contributed by atoms with van der Waals surface area (Å²) < 4.78 is 29.7. The van der Waals surface area contributed by atoms with E-state index in [4.69, 9.17) is 10.5 Å². The number of hydrogen-bond donors (Lipinski definition) is 1. The fourth-order valence-electron chi connectivity index (χ4n) is 1.74. The highest BCUT2D eigenvalue weighted by molar-refractivity contribution is 7.92. The van der Waals surface area contributed by atoms with E-state index in [2.05, 4.69) is 0 Å². The largest absolute Gasteiger partial charge is 0.497 e. The lowest BCUT2D eigenvalue weighted by Crippen LogP contribution is -2.24. The second kappa shape index (κ2) is 6.02. The number of benzene rings is 1. The SMILES string of the molecule is CCC(CCN)S(=O)(=O)c1cccc(OC)c1. The van der Waals surface area contributed by atoms with Gasteiger partial charge in [-0.1, -0.05) is 13.0 Å². The summed E-state index contributed by atoms with van der Waals surface area (Å²) in [5, 5.41) is -0.417. The van der Waals surface area contributed by atoms with Crippen LogP contribution in [0.15, 0.2) is 29.2 Å². The highest BCUT2D eigenvalue weighted by atomic mass is 32.2. The molecule has 1 unspecified atom stereocenters. The van der Waals surface area contributed by atoms with Gasteiger partial charge in [0, 0.05) is 0 Å². The van der Waals surface area contributed by atoms with Crippen molar-refractivity contribution in [3.63, 3.8) is 0 Å². The molecular weight excluding hydrogens is 238 g/mol. The topological polar surface area (TPSA) is 69.4 Å². The van der Waals surface area contributed by atoms with Gasteiger partial charge in [-0.3, -0.25) is 0 Å². The van der Waals surface area contributed by atoms with E-state index in [1.807, 2.05) is 6.92 Å². The van der Waals surface area contributed by atoms with Gasteiger partial charge in [-0.15, -0.1) is 0 Å². The number of rotatable bonds is 6. The van der Waals surface area contributed by atoms with Gasteiger partial charge >= 0.3 is 0 Å². The average molecular weight is 257 g/mol. The van der Waals surface area contributed by atoms with Crippen molar-refractivity contribution < 1.29 is 13.2 Å². The van der Waals surface area contributed by atoms with Crippen LogP contribution in [0.3, 0.4) is 0 Å². The Balaban J connectivity index is 3.10. The summed E-state index contributed by atoms with van der Waals surface area (Å²) >= 11 is 0. The summed E-state index contributed by atoms with van der Waals surface area (Å²) in [5.74, 6) is 0.550. The number of sulfone groups is 1. The van der Waals surface area contributed by atoms with Crippen LogP contribution in [0.25, 0.3) is 0 Å². The Hall–Kier alpha value is -1.07. The first-order valence-corrected chi connectivity index (χ1v) is 7.19. The fraction of sp³-hybridized carbons (Fsp3) is 0.500. The van der Waals surface area contributed by atoms with E-state index >= 15 is 0 Å². The molecule has 1 rings (SSSR count). The van der Waals surface area contributed by atoms with Crippen LogP contribution < -0.4 is 10.5 Å². The van der Waals surface area contributed by atoms with Gasteiger partial charge in [0.05, 0.1) is 17.3 Å². The molecule has 0 spiro atoms. The summed E-state index contributed by atoms with van der Waals surface area (Å²) in [4.78, 5) is 0.303. The molecule has 0 heterocycles. The minimum Gasteiger partial charge on any atom is -0.497 e. The Morgan fingerprint density at radius 3 is 2.65 bits per heavy atom. The molecule has 0 bridgehead atoms. The summed E-state index contributed by atoms with van der Waals surface area (Å²) in [6.07, 6.45) is 1.05. The molecule has 0 aliphatic heterocycles. The molecule has 1 aromatic rings. The van der Waals surface area contributed by atoms with Gasteiger partial charge in [0.15, 0.2) is 9.84 Å². The zero-order valence-corrected chi connectivity index (χ0v) is 11.0. The highest BCUT2D eigenvalue weighted by Gasteiger charge is 2.25. The van der Waals surface area contributed by atoms with Gasteiger partial charge in [-0.2, -0.15) is 0 Å². The van der Waals surface area contributed by atoms with E-state index in [9.17, 15) is 8.42 Å². The predicted octanol–water partition coefficient (Wildman–Crippen LogP) is 1.60. The van der Waals surface area contributed by atoms with Crippen molar-refractivity contribution in [3.05, 3.63) is 24.3 Å². The third kappa shape index (κ3) is 3.20. The predicted molar refractivity (Wildman–Crippen MR) is 67.9 cm³/mol. The highest BCUT2D eigenvalue weighted by Crippen LogP contribution is 2.23. The second-order valence-electron chi connectivity index (χ2n) is 3.83. The first kappa shape index (κ1) is 14.0. The minimum atomic E-state index is -3.31. The zero-order chi connectivity index (χ0) is 12.9. The monoisotopic (exact) mass is 257 g/mol. The molecule has 5 heteroatoms. The van der Waals surface area contributed by atoms with Crippen LogP contribution in [0.2, 0.25) is 0 Å². The van der Waals surface area contributed by atoms with E-state index in [1.54, 1.807) is 24.3 Å². The van der Waals surface area contributed by atoms with Crippen LogP contribution in [-0.2, 0) is 9.84 Å². The molecule has 0 amide bonds. The standard InChI is InChI=1S/C12H19NO3S/c1-3-11(7-8-13)17(14,15)12-6-4-5-10(9-12)16-2/h4-6,9,11H,3,7-8,13H2,1-2H3. The first-order chi connectivity index (χ1) is 8.06. The average Bonchev–Trinajstić information content (AvgIpc) is 2.35. The Morgan fingerprint density at radius 1 is 1.41 bits per heavy atom. The third-order valence-corrected chi connectivity index (χ3v) is 5.11. The molecule has 0 aliphatic carbocycles. The van der Waals surface area contributed by atoms with Crippen LogP contribution in [0.1, 0.15) is 19.8 Å². The lowest BCUT2D eigenvalue weighted by atomic mass is 10.2. The normalized spacial score (nSPS) is 13.4. The molecule has 0 saturated carbocycles. The number of nitrogens with two attached hydrogens (primary N) is 1.